The maximum absolute atomic E-state index is 13.1. The van der Waals surface area contributed by atoms with Gasteiger partial charge in [0.1, 0.15) is 11.5 Å². The maximum Gasteiger partial charge on any atom is 0.270 e. The number of hydrogen-bond donors (Lipinski definition) is 1. The highest BCUT2D eigenvalue weighted by Crippen LogP contribution is 2.29. The van der Waals surface area contributed by atoms with E-state index in [1.807, 2.05) is 40.9 Å². The van der Waals surface area contributed by atoms with Crippen LogP contribution in [0.5, 0.6) is 0 Å². The van der Waals surface area contributed by atoms with Crippen LogP contribution in [0.25, 0.3) is 11.3 Å². The van der Waals surface area contributed by atoms with Gasteiger partial charge in [0.2, 0.25) is 0 Å². The highest BCUT2D eigenvalue weighted by Gasteiger charge is 2.27. The number of carbonyl (C=O) groups excluding carboxylic acids is 1. The molecule has 1 aliphatic rings. The van der Waals surface area contributed by atoms with E-state index >= 15 is 0 Å². The van der Waals surface area contributed by atoms with Gasteiger partial charge in [-0.25, -0.2) is 4.39 Å². The molecule has 1 N–H and O–H groups in total. The Kier molecular flexibility index (Phi) is 4.32. The zero-order valence-electron chi connectivity index (χ0n) is 14.7. The van der Waals surface area contributed by atoms with E-state index in [4.69, 9.17) is 0 Å². The van der Waals surface area contributed by atoms with Crippen molar-refractivity contribution < 1.29 is 9.18 Å². The van der Waals surface area contributed by atoms with Gasteiger partial charge in [0.15, 0.2) is 0 Å². The molecule has 1 atom stereocenters. The van der Waals surface area contributed by atoms with Crippen molar-refractivity contribution in [3.05, 3.63) is 65.9 Å². The third-order valence-corrected chi connectivity index (χ3v) is 5.05. The van der Waals surface area contributed by atoms with Gasteiger partial charge in [0.25, 0.3) is 5.91 Å². The summed E-state index contributed by atoms with van der Waals surface area (Å²) in [6, 6.07) is 12.1. The molecule has 0 spiro atoms. The molecule has 134 valence electrons. The SMILES string of the molecule is Cn1cccc1C(=O)N1CCCC(c2cc(-c3ccc(F)cc3)n[nH]2)C1. The number of aromatic nitrogens is 3. The molecule has 26 heavy (non-hydrogen) atoms. The molecule has 1 unspecified atom stereocenters. The van der Waals surface area contributed by atoms with Crippen LogP contribution in [0.3, 0.4) is 0 Å². The van der Waals surface area contributed by atoms with E-state index < -0.39 is 0 Å². The highest BCUT2D eigenvalue weighted by atomic mass is 19.1. The quantitative estimate of drug-likeness (QED) is 0.783. The summed E-state index contributed by atoms with van der Waals surface area (Å²) in [6.45, 7) is 1.45. The summed E-state index contributed by atoms with van der Waals surface area (Å²) in [5, 5.41) is 7.48. The van der Waals surface area contributed by atoms with Crippen LogP contribution in [0.1, 0.15) is 34.9 Å². The molecule has 4 rings (SSSR count). The second-order valence-corrected chi connectivity index (χ2v) is 6.81. The highest BCUT2D eigenvalue weighted by molar-refractivity contribution is 5.92. The third-order valence-electron chi connectivity index (χ3n) is 5.05. The zero-order chi connectivity index (χ0) is 18.1. The lowest BCUT2D eigenvalue weighted by molar-refractivity contribution is 0.0696. The number of amides is 1. The van der Waals surface area contributed by atoms with Gasteiger partial charge in [0.05, 0.1) is 5.69 Å². The molecule has 5 nitrogen and oxygen atoms in total. The summed E-state index contributed by atoms with van der Waals surface area (Å²) in [7, 11) is 1.89. The second-order valence-electron chi connectivity index (χ2n) is 6.81. The van der Waals surface area contributed by atoms with Gasteiger partial charge in [0, 0.05) is 43.5 Å². The van der Waals surface area contributed by atoms with Crippen molar-refractivity contribution in [2.75, 3.05) is 13.1 Å². The Morgan fingerprint density at radius 3 is 2.81 bits per heavy atom. The van der Waals surface area contributed by atoms with Gasteiger partial charge >= 0.3 is 0 Å². The minimum atomic E-state index is -0.258. The molecule has 2 aromatic heterocycles. The number of piperidine rings is 1. The number of halogens is 1. The Hall–Kier alpha value is -2.89. The second kappa shape index (κ2) is 6.78. The van der Waals surface area contributed by atoms with Crippen LogP contribution in [-0.2, 0) is 7.05 Å². The first-order valence-corrected chi connectivity index (χ1v) is 8.83. The Labute approximate surface area is 151 Å². The minimum absolute atomic E-state index is 0.0699. The predicted octanol–water partition coefficient (Wildman–Crippen LogP) is 3.57. The molecule has 3 heterocycles. The van der Waals surface area contributed by atoms with Gasteiger partial charge < -0.3 is 9.47 Å². The summed E-state index contributed by atoms with van der Waals surface area (Å²) < 4.78 is 15.0. The monoisotopic (exact) mass is 352 g/mol. The lowest BCUT2D eigenvalue weighted by Gasteiger charge is -2.32. The van der Waals surface area contributed by atoms with Crippen LogP contribution in [-0.4, -0.2) is 38.7 Å². The summed E-state index contributed by atoms with van der Waals surface area (Å²) in [6.07, 6.45) is 3.87. The van der Waals surface area contributed by atoms with Crippen molar-refractivity contribution in [2.24, 2.45) is 7.05 Å². The summed E-state index contributed by atoms with van der Waals surface area (Å²) in [5.41, 5.74) is 3.41. The Balaban J connectivity index is 1.51. The lowest BCUT2D eigenvalue weighted by atomic mass is 9.94. The Bertz CT molecular complexity index is 912. The first-order valence-electron chi connectivity index (χ1n) is 8.83. The summed E-state index contributed by atoms with van der Waals surface area (Å²) in [5.74, 6) is 0.0433. The van der Waals surface area contributed by atoms with E-state index in [1.165, 1.54) is 12.1 Å². The number of benzene rings is 1. The molecule has 1 fully saturated rings. The molecular weight excluding hydrogens is 331 g/mol. The van der Waals surface area contributed by atoms with E-state index in [1.54, 1.807) is 12.1 Å². The first kappa shape index (κ1) is 16.6. The topological polar surface area (TPSA) is 53.9 Å². The fraction of sp³-hybridized carbons (Fsp3) is 0.300. The summed E-state index contributed by atoms with van der Waals surface area (Å²) >= 11 is 0. The van der Waals surface area contributed by atoms with Crippen LogP contribution >= 0.6 is 0 Å². The lowest BCUT2D eigenvalue weighted by Crippen LogP contribution is -2.39. The minimum Gasteiger partial charge on any atom is -0.347 e. The normalized spacial score (nSPS) is 17.5. The molecule has 0 aliphatic carbocycles. The maximum atomic E-state index is 13.1. The van der Waals surface area contributed by atoms with Crippen LogP contribution in [0.15, 0.2) is 48.7 Å². The zero-order valence-corrected chi connectivity index (χ0v) is 14.7. The van der Waals surface area contributed by atoms with Crippen LogP contribution in [0, 0.1) is 5.82 Å². The van der Waals surface area contributed by atoms with Gasteiger partial charge in [-0.05, 0) is 55.3 Å². The standard InChI is InChI=1S/C20H21FN4O/c1-24-10-3-5-19(24)20(26)25-11-2-4-15(13-25)18-12-17(22-23-18)14-6-8-16(21)9-7-14/h3,5-10,12,15H,2,4,11,13H2,1H3,(H,22,23). The first-order chi connectivity index (χ1) is 12.6. The van der Waals surface area contributed by atoms with Crippen molar-refractivity contribution in [3.8, 4) is 11.3 Å². The number of carbonyl (C=O) groups is 1. The Morgan fingerprint density at radius 1 is 1.27 bits per heavy atom. The van der Waals surface area contributed by atoms with Gasteiger partial charge in [-0.1, -0.05) is 0 Å². The smallest absolute Gasteiger partial charge is 0.270 e. The van der Waals surface area contributed by atoms with E-state index in [0.29, 0.717) is 12.2 Å². The summed E-state index contributed by atoms with van der Waals surface area (Å²) in [4.78, 5) is 14.7. The largest absolute Gasteiger partial charge is 0.347 e. The molecule has 1 saturated heterocycles. The number of rotatable bonds is 3. The van der Waals surface area contributed by atoms with E-state index in [9.17, 15) is 9.18 Å². The molecule has 3 aromatic rings. The average molecular weight is 352 g/mol. The molecular formula is C20H21FN4O. The third kappa shape index (κ3) is 3.14. The van der Waals surface area contributed by atoms with Crippen LogP contribution in [0.2, 0.25) is 0 Å². The van der Waals surface area contributed by atoms with Gasteiger partial charge in [-0.15, -0.1) is 0 Å². The van der Waals surface area contributed by atoms with Crippen molar-refractivity contribution in [3.63, 3.8) is 0 Å². The molecule has 0 bridgehead atoms. The number of aryl methyl sites for hydroxylation is 1. The fourth-order valence-corrected chi connectivity index (χ4v) is 3.58. The predicted molar refractivity (Wildman–Crippen MR) is 97.3 cm³/mol. The number of nitrogens with zero attached hydrogens (tertiary/aromatic N) is 3. The number of H-pyrrole nitrogens is 1. The Morgan fingerprint density at radius 2 is 2.08 bits per heavy atom. The number of hydrogen-bond acceptors (Lipinski definition) is 2. The van der Waals surface area contributed by atoms with Crippen LogP contribution in [0.4, 0.5) is 4.39 Å². The van der Waals surface area contributed by atoms with E-state index in [-0.39, 0.29) is 17.6 Å². The number of aromatic amines is 1. The van der Waals surface area contributed by atoms with E-state index in [2.05, 4.69) is 10.2 Å². The molecule has 1 amide bonds. The van der Waals surface area contributed by atoms with Crippen LogP contribution < -0.4 is 0 Å². The average Bonchev–Trinajstić information content (AvgIpc) is 3.31. The fourth-order valence-electron chi connectivity index (χ4n) is 3.58. The van der Waals surface area contributed by atoms with Crippen molar-refractivity contribution in [1.82, 2.24) is 19.7 Å². The number of nitrogens with one attached hydrogen (secondary N) is 1. The molecule has 0 saturated carbocycles. The molecule has 1 aliphatic heterocycles. The molecule has 0 radical (unpaired) electrons. The van der Waals surface area contributed by atoms with Gasteiger partial charge in [-0.3, -0.25) is 9.89 Å². The number of likely N-dealkylation sites (tertiary alicyclic amines) is 1. The van der Waals surface area contributed by atoms with Crippen molar-refractivity contribution >= 4 is 5.91 Å². The molecule has 1 aromatic carbocycles. The van der Waals surface area contributed by atoms with Gasteiger partial charge in [-0.2, -0.15) is 5.10 Å². The molecule has 6 heteroatoms. The van der Waals surface area contributed by atoms with Crippen molar-refractivity contribution in [2.45, 2.75) is 18.8 Å². The van der Waals surface area contributed by atoms with Crippen molar-refractivity contribution in [1.29, 1.82) is 0 Å². The van der Waals surface area contributed by atoms with E-state index in [0.717, 1.165) is 36.3 Å².